The number of anilines is 1. The first-order chi connectivity index (χ1) is 7.49. The fraction of sp³-hybridized carbons (Fsp3) is 0.455. The van der Waals surface area contributed by atoms with Crippen molar-refractivity contribution in [3.63, 3.8) is 0 Å². The van der Waals surface area contributed by atoms with Crippen LogP contribution in [0.2, 0.25) is 0 Å². The van der Waals surface area contributed by atoms with Gasteiger partial charge in [-0.2, -0.15) is 0 Å². The number of non-ortho nitro benzene ring substituents is 1. The van der Waals surface area contributed by atoms with Gasteiger partial charge in [-0.15, -0.1) is 0 Å². The number of nitro benzene ring substituents is 1. The number of rotatable bonds is 5. The van der Waals surface area contributed by atoms with E-state index in [0.29, 0.717) is 6.04 Å². The molecule has 0 fully saturated rings. The molecule has 88 valence electrons. The van der Waals surface area contributed by atoms with E-state index in [4.69, 9.17) is 0 Å². The van der Waals surface area contributed by atoms with Gasteiger partial charge in [-0.05, 0) is 33.2 Å². The number of hydrogen-bond donors (Lipinski definition) is 1. The van der Waals surface area contributed by atoms with Crippen LogP contribution in [0.25, 0.3) is 0 Å². The van der Waals surface area contributed by atoms with Gasteiger partial charge in [-0.1, -0.05) is 0 Å². The Morgan fingerprint density at radius 2 is 1.94 bits per heavy atom. The first-order valence-corrected chi connectivity index (χ1v) is 5.15. The predicted octanol–water partition coefficient (Wildman–Crippen LogP) is 1.96. The zero-order valence-electron chi connectivity index (χ0n) is 9.80. The molecule has 0 heterocycles. The molecule has 0 aliphatic carbocycles. The Kier molecular flexibility index (Phi) is 4.25. The molecule has 5 nitrogen and oxygen atoms in total. The molecule has 0 saturated heterocycles. The summed E-state index contributed by atoms with van der Waals surface area (Å²) >= 11 is 0. The molecule has 0 spiro atoms. The molecular weight excluding hydrogens is 206 g/mol. The molecule has 0 aromatic heterocycles. The van der Waals surface area contributed by atoms with Crippen molar-refractivity contribution in [1.82, 2.24) is 4.90 Å². The number of nitro groups is 1. The fourth-order valence-electron chi connectivity index (χ4n) is 1.56. The average molecular weight is 223 g/mol. The largest absolute Gasteiger partial charge is 0.381 e. The van der Waals surface area contributed by atoms with Crippen LogP contribution in [-0.2, 0) is 0 Å². The van der Waals surface area contributed by atoms with Gasteiger partial charge in [0, 0.05) is 30.4 Å². The van der Waals surface area contributed by atoms with Crippen molar-refractivity contribution < 1.29 is 4.92 Å². The SMILES string of the molecule is CC(CN(C)C)Nc1ccc([N+](=O)[O-])cc1. The molecular formula is C11H17N3O2. The van der Waals surface area contributed by atoms with E-state index in [2.05, 4.69) is 17.1 Å². The summed E-state index contributed by atoms with van der Waals surface area (Å²) in [5.41, 5.74) is 1.02. The van der Waals surface area contributed by atoms with Gasteiger partial charge >= 0.3 is 0 Å². The number of nitrogens with one attached hydrogen (secondary N) is 1. The molecule has 1 atom stereocenters. The molecule has 0 radical (unpaired) electrons. The summed E-state index contributed by atoms with van der Waals surface area (Å²) in [6, 6.07) is 6.76. The van der Waals surface area contributed by atoms with Gasteiger partial charge in [0.1, 0.15) is 0 Å². The minimum Gasteiger partial charge on any atom is -0.381 e. The molecule has 1 unspecified atom stereocenters. The summed E-state index contributed by atoms with van der Waals surface area (Å²) in [4.78, 5) is 12.1. The van der Waals surface area contributed by atoms with E-state index in [9.17, 15) is 10.1 Å². The topological polar surface area (TPSA) is 58.4 Å². The Bertz CT molecular complexity index is 349. The van der Waals surface area contributed by atoms with Gasteiger partial charge in [-0.25, -0.2) is 0 Å². The van der Waals surface area contributed by atoms with Crippen LogP contribution in [-0.4, -0.2) is 36.5 Å². The molecule has 0 bridgehead atoms. The Labute approximate surface area is 95.2 Å². The molecule has 0 amide bonds. The van der Waals surface area contributed by atoms with E-state index in [1.165, 1.54) is 12.1 Å². The highest BCUT2D eigenvalue weighted by atomic mass is 16.6. The monoisotopic (exact) mass is 223 g/mol. The molecule has 1 N–H and O–H groups in total. The summed E-state index contributed by atoms with van der Waals surface area (Å²) in [7, 11) is 4.02. The second-order valence-electron chi connectivity index (χ2n) is 4.11. The van der Waals surface area contributed by atoms with E-state index in [-0.39, 0.29) is 5.69 Å². The smallest absolute Gasteiger partial charge is 0.269 e. The molecule has 5 heteroatoms. The van der Waals surface area contributed by atoms with Crippen LogP contribution < -0.4 is 5.32 Å². The second kappa shape index (κ2) is 5.46. The summed E-state index contributed by atoms with van der Waals surface area (Å²) < 4.78 is 0. The Hall–Kier alpha value is -1.62. The lowest BCUT2D eigenvalue weighted by Crippen LogP contribution is -2.29. The van der Waals surface area contributed by atoms with Crippen LogP contribution in [0.3, 0.4) is 0 Å². The number of likely N-dealkylation sites (N-methyl/N-ethyl adjacent to an activating group) is 1. The molecule has 1 aromatic carbocycles. The maximum Gasteiger partial charge on any atom is 0.269 e. The minimum atomic E-state index is -0.396. The van der Waals surface area contributed by atoms with E-state index >= 15 is 0 Å². The summed E-state index contributed by atoms with van der Waals surface area (Å²) in [6.45, 7) is 2.98. The van der Waals surface area contributed by atoms with Gasteiger partial charge in [0.2, 0.25) is 0 Å². The van der Waals surface area contributed by atoms with Crippen LogP contribution in [0.4, 0.5) is 11.4 Å². The van der Waals surface area contributed by atoms with Gasteiger partial charge < -0.3 is 10.2 Å². The normalized spacial score (nSPS) is 12.5. The number of hydrogen-bond acceptors (Lipinski definition) is 4. The van der Waals surface area contributed by atoms with E-state index < -0.39 is 4.92 Å². The molecule has 1 aromatic rings. The predicted molar refractivity (Wildman–Crippen MR) is 64.7 cm³/mol. The van der Waals surface area contributed by atoms with Crippen LogP contribution in [0.5, 0.6) is 0 Å². The first-order valence-electron chi connectivity index (χ1n) is 5.15. The Balaban J connectivity index is 2.58. The van der Waals surface area contributed by atoms with Gasteiger partial charge in [0.15, 0.2) is 0 Å². The van der Waals surface area contributed by atoms with E-state index in [0.717, 1.165) is 12.2 Å². The lowest BCUT2D eigenvalue weighted by Gasteiger charge is -2.19. The quantitative estimate of drug-likeness (QED) is 0.612. The summed E-state index contributed by atoms with van der Waals surface area (Å²) in [6.07, 6.45) is 0. The van der Waals surface area contributed by atoms with Crippen molar-refractivity contribution in [3.05, 3.63) is 34.4 Å². The van der Waals surface area contributed by atoms with Crippen LogP contribution >= 0.6 is 0 Å². The molecule has 16 heavy (non-hydrogen) atoms. The summed E-state index contributed by atoms with van der Waals surface area (Å²) in [5.74, 6) is 0. The molecule has 0 saturated carbocycles. The van der Waals surface area contributed by atoms with E-state index in [1.807, 2.05) is 14.1 Å². The van der Waals surface area contributed by atoms with Crippen molar-refractivity contribution in [1.29, 1.82) is 0 Å². The van der Waals surface area contributed by atoms with Crippen LogP contribution in [0.1, 0.15) is 6.92 Å². The maximum atomic E-state index is 10.5. The third-order valence-electron chi connectivity index (χ3n) is 2.13. The molecule has 0 aliphatic heterocycles. The molecule has 0 aliphatic rings. The lowest BCUT2D eigenvalue weighted by atomic mass is 10.2. The highest BCUT2D eigenvalue weighted by Crippen LogP contribution is 2.15. The average Bonchev–Trinajstić information content (AvgIpc) is 2.16. The van der Waals surface area contributed by atoms with Crippen molar-refractivity contribution in [2.45, 2.75) is 13.0 Å². The van der Waals surface area contributed by atoms with E-state index in [1.54, 1.807) is 12.1 Å². The Morgan fingerprint density at radius 3 is 2.38 bits per heavy atom. The van der Waals surface area contributed by atoms with Gasteiger partial charge in [0.25, 0.3) is 5.69 Å². The van der Waals surface area contributed by atoms with Crippen molar-refractivity contribution >= 4 is 11.4 Å². The minimum absolute atomic E-state index is 0.116. The van der Waals surface area contributed by atoms with Crippen molar-refractivity contribution in [2.75, 3.05) is 26.0 Å². The highest BCUT2D eigenvalue weighted by Gasteiger charge is 2.06. The van der Waals surface area contributed by atoms with Crippen molar-refractivity contribution in [2.24, 2.45) is 0 Å². The number of benzene rings is 1. The van der Waals surface area contributed by atoms with Crippen molar-refractivity contribution in [3.8, 4) is 0 Å². The zero-order valence-corrected chi connectivity index (χ0v) is 9.80. The highest BCUT2D eigenvalue weighted by molar-refractivity contribution is 5.49. The van der Waals surface area contributed by atoms with Crippen LogP contribution in [0.15, 0.2) is 24.3 Å². The van der Waals surface area contributed by atoms with Gasteiger partial charge in [0.05, 0.1) is 4.92 Å². The Morgan fingerprint density at radius 1 is 1.38 bits per heavy atom. The molecule has 1 rings (SSSR count). The third kappa shape index (κ3) is 3.86. The summed E-state index contributed by atoms with van der Waals surface area (Å²) in [5, 5.41) is 13.7. The lowest BCUT2D eigenvalue weighted by molar-refractivity contribution is -0.384. The first kappa shape index (κ1) is 12.4. The second-order valence-corrected chi connectivity index (χ2v) is 4.11. The maximum absolute atomic E-state index is 10.5. The zero-order chi connectivity index (χ0) is 12.1. The standard InChI is InChI=1S/C11H17N3O2/c1-9(8-13(2)3)12-10-4-6-11(7-5-10)14(15)16/h4-7,9,12H,8H2,1-3H3. The number of nitrogens with zero attached hydrogens (tertiary/aromatic N) is 2. The third-order valence-corrected chi connectivity index (χ3v) is 2.13. The van der Waals surface area contributed by atoms with Crippen LogP contribution in [0, 0.1) is 10.1 Å². The van der Waals surface area contributed by atoms with Gasteiger partial charge in [-0.3, -0.25) is 10.1 Å². The fourth-order valence-corrected chi connectivity index (χ4v) is 1.56.